The summed E-state index contributed by atoms with van der Waals surface area (Å²) < 4.78 is 1.96. The Labute approximate surface area is 85.3 Å². The van der Waals surface area contributed by atoms with Crippen molar-refractivity contribution in [2.75, 3.05) is 13.6 Å². The fraction of sp³-hybridized carbons (Fsp3) is 0.167. The maximum absolute atomic E-state index is 3.94. The standard InChI is InChI=1S/C12H16N2/c1-11(10-13-3)6-7-12(2)14-8-4-5-9-14/h4-9,13H,1-2,10H2,3H3/b7-6-. The van der Waals surface area contributed by atoms with Gasteiger partial charge < -0.3 is 9.88 Å². The van der Waals surface area contributed by atoms with Crippen LogP contribution in [0, 0.1) is 0 Å². The molecule has 1 aromatic rings. The molecule has 0 saturated carbocycles. The molecule has 0 spiro atoms. The van der Waals surface area contributed by atoms with E-state index < -0.39 is 0 Å². The number of nitrogens with zero attached hydrogens (tertiary/aromatic N) is 1. The van der Waals surface area contributed by atoms with Crippen molar-refractivity contribution >= 4 is 5.70 Å². The molecule has 74 valence electrons. The lowest BCUT2D eigenvalue weighted by Crippen LogP contribution is -2.08. The van der Waals surface area contributed by atoms with E-state index in [1.807, 2.05) is 48.3 Å². The average molecular weight is 188 g/mol. The number of likely N-dealkylation sites (N-methyl/N-ethyl adjacent to an activating group) is 1. The van der Waals surface area contributed by atoms with E-state index in [2.05, 4.69) is 18.5 Å². The van der Waals surface area contributed by atoms with Crippen molar-refractivity contribution in [2.24, 2.45) is 0 Å². The van der Waals surface area contributed by atoms with Crippen LogP contribution in [-0.4, -0.2) is 18.2 Å². The summed E-state index contributed by atoms with van der Waals surface area (Å²) in [5.41, 5.74) is 1.98. The third kappa shape index (κ3) is 3.07. The van der Waals surface area contributed by atoms with Crippen molar-refractivity contribution in [2.45, 2.75) is 0 Å². The summed E-state index contributed by atoms with van der Waals surface area (Å²) in [4.78, 5) is 0. The van der Waals surface area contributed by atoms with E-state index in [0.29, 0.717) is 0 Å². The minimum absolute atomic E-state index is 0.801. The Morgan fingerprint density at radius 3 is 2.50 bits per heavy atom. The number of rotatable bonds is 5. The number of nitrogens with one attached hydrogen (secondary N) is 1. The molecule has 0 atom stereocenters. The maximum atomic E-state index is 3.94. The SMILES string of the molecule is C=C(/C=C\C(=C)n1cccc1)CNC. The molecule has 0 aliphatic heterocycles. The Balaban J connectivity index is 2.53. The van der Waals surface area contributed by atoms with E-state index in [9.17, 15) is 0 Å². The monoisotopic (exact) mass is 188 g/mol. The van der Waals surface area contributed by atoms with E-state index in [0.717, 1.165) is 17.8 Å². The molecular formula is C12H16N2. The Kier molecular flexibility index (Phi) is 3.95. The van der Waals surface area contributed by atoms with Crippen LogP contribution in [0.25, 0.3) is 5.70 Å². The molecule has 2 heteroatoms. The summed E-state index contributed by atoms with van der Waals surface area (Å²) >= 11 is 0. The second kappa shape index (κ2) is 5.25. The summed E-state index contributed by atoms with van der Waals surface area (Å²) in [6.07, 6.45) is 7.86. The van der Waals surface area contributed by atoms with Crippen LogP contribution in [-0.2, 0) is 0 Å². The Morgan fingerprint density at radius 2 is 1.93 bits per heavy atom. The normalized spacial score (nSPS) is 10.6. The zero-order valence-corrected chi connectivity index (χ0v) is 8.53. The lowest BCUT2D eigenvalue weighted by molar-refractivity contribution is 0.898. The van der Waals surface area contributed by atoms with Crippen molar-refractivity contribution < 1.29 is 0 Å². The van der Waals surface area contributed by atoms with E-state index in [4.69, 9.17) is 0 Å². The molecule has 14 heavy (non-hydrogen) atoms. The van der Waals surface area contributed by atoms with Gasteiger partial charge in [-0.25, -0.2) is 0 Å². The van der Waals surface area contributed by atoms with Crippen LogP contribution in [0.4, 0.5) is 0 Å². The van der Waals surface area contributed by atoms with Gasteiger partial charge in [0, 0.05) is 24.6 Å². The fourth-order valence-corrected chi connectivity index (χ4v) is 1.11. The summed E-state index contributed by atoms with van der Waals surface area (Å²) in [5, 5.41) is 3.04. The summed E-state index contributed by atoms with van der Waals surface area (Å²) in [6.45, 7) is 8.64. The second-order valence-electron chi connectivity index (χ2n) is 3.10. The van der Waals surface area contributed by atoms with Gasteiger partial charge in [-0.2, -0.15) is 0 Å². The summed E-state index contributed by atoms with van der Waals surface area (Å²) in [6, 6.07) is 3.95. The van der Waals surface area contributed by atoms with Crippen LogP contribution in [0.15, 0.2) is 55.4 Å². The predicted molar refractivity (Wildman–Crippen MR) is 62.0 cm³/mol. The molecule has 0 aliphatic rings. The van der Waals surface area contributed by atoms with Gasteiger partial charge in [0.05, 0.1) is 0 Å². The zero-order valence-electron chi connectivity index (χ0n) is 8.53. The first-order valence-corrected chi connectivity index (χ1v) is 4.56. The smallest absolute Gasteiger partial charge is 0.0377 e. The molecule has 0 aromatic carbocycles. The number of hydrogen-bond donors (Lipinski definition) is 1. The van der Waals surface area contributed by atoms with Crippen molar-refractivity contribution in [3.8, 4) is 0 Å². The first kappa shape index (κ1) is 10.5. The van der Waals surface area contributed by atoms with Crippen molar-refractivity contribution in [3.63, 3.8) is 0 Å². The van der Waals surface area contributed by atoms with Crippen molar-refractivity contribution in [1.29, 1.82) is 0 Å². The molecule has 0 saturated heterocycles. The van der Waals surface area contributed by atoms with Gasteiger partial charge in [-0.3, -0.25) is 0 Å². The Bertz CT molecular complexity index is 331. The van der Waals surface area contributed by atoms with Gasteiger partial charge in [-0.1, -0.05) is 19.2 Å². The van der Waals surface area contributed by atoms with E-state index in [-0.39, 0.29) is 0 Å². The van der Waals surface area contributed by atoms with Gasteiger partial charge in [0.15, 0.2) is 0 Å². The third-order valence-corrected chi connectivity index (χ3v) is 1.85. The van der Waals surface area contributed by atoms with Crippen LogP contribution >= 0.6 is 0 Å². The quantitative estimate of drug-likeness (QED) is 0.701. The topological polar surface area (TPSA) is 17.0 Å². The third-order valence-electron chi connectivity index (χ3n) is 1.85. The highest BCUT2D eigenvalue weighted by Gasteiger charge is 1.90. The molecule has 0 amide bonds. The molecule has 0 fully saturated rings. The molecule has 0 radical (unpaired) electrons. The first-order chi connectivity index (χ1) is 6.74. The minimum Gasteiger partial charge on any atom is -0.324 e. The fourth-order valence-electron chi connectivity index (χ4n) is 1.11. The molecule has 1 rings (SSSR count). The highest BCUT2D eigenvalue weighted by molar-refractivity contribution is 5.55. The predicted octanol–water partition coefficient (Wildman–Crippen LogP) is 2.29. The van der Waals surface area contributed by atoms with Crippen LogP contribution in [0.3, 0.4) is 0 Å². The molecule has 1 heterocycles. The van der Waals surface area contributed by atoms with E-state index in [1.165, 1.54) is 0 Å². The Hall–Kier alpha value is -1.54. The maximum Gasteiger partial charge on any atom is 0.0377 e. The van der Waals surface area contributed by atoms with Crippen molar-refractivity contribution in [1.82, 2.24) is 9.88 Å². The molecule has 1 N–H and O–H groups in total. The highest BCUT2D eigenvalue weighted by Crippen LogP contribution is 2.05. The van der Waals surface area contributed by atoms with Gasteiger partial charge >= 0.3 is 0 Å². The van der Waals surface area contributed by atoms with Gasteiger partial charge in [-0.05, 0) is 30.8 Å². The first-order valence-electron chi connectivity index (χ1n) is 4.56. The molecule has 2 nitrogen and oxygen atoms in total. The van der Waals surface area contributed by atoms with Crippen LogP contribution in [0.5, 0.6) is 0 Å². The second-order valence-corrected chi connectivity index (χ2v) is 3.10. The Morgan fingerprint density at radius 1 is 1.29 bits per heavy atom. The van der Waals surface area contributed by atoms with Crippen LogP contribution in [0.1, 0.15) is 0 Å². The summed E-state index contributed by atoms with van der Waals surface area (Å²) in [7, 11) is 1.90. The van der Waals surface area contributed by atoms with Gasteiger partial charge in [0.2, 0.25) is 0 Å². The van der Waals surface area contributed by atoms with Crippen molar-refractivity contribution in [3.05, 3.63) is 55.4 Å². The molecule has 0 aliphatic carbocycles. The average Bonchev–Trinajstić information content (AvgIpc) is 2.67. The number of aromatic nitrogens is 1. The van der Waals surface area contributed by atoms with Crippen LogP contribution < -0.4 is 5.32 Å². The largest absolute Gasteiger partial charge is 0.324 e. The van der Waals surface area contributed by atoms with Gasteiger partial charge in [-0.15, -0.1) is 0 Å². The van der Waals surface area contributed by atoms with Gasteiger partial charge in [0.25, 0.3) is 0 Å². The lowest BCUT2D eigenvalue weighted by Gasteiger charge is -2.01. The van der Waals surface area contributed by atoms with Crippen LogP contribution in [0.2, 0.25) is 0 Å². The van der Waals surface area contributed by atoms with E-state index >= 15 is 0 Å². The molecule has 0 bridgehead atoms. The number of hydrogen-bond acceptors (Lipinski definition) is 1. The summed E-state index contributed by atoms with van der Waals surface area (Å²) in [5.74, 6) is 0. The molecule has 0 unspecified atom stereocenters. The highest BCUT2D eigenvalue weighted by atomic mass is 14.9. The minimum atomic E-state index is 0.801. The zero-order chi connectivity index (χ0) is 10.4. The lowest BCUT2D eigenvalue weighted by atomic mass is 10.2. The van der Waals surface area contributed by atoms with Gasteiger partial charge in [0.1, 0.15) is 0 Å². The van der Waals surface area contributed by atoms with E-state index in [1.54, 1.807) is 0 Å². The molecular weight excluding hydrogens is 172 g/mol. The molecule has 1 aromatic heterocycles. The number of allylic oxidation sites excluding steroid dienone is 2.